The fraction of sp³-hybridized carbons (Fsp3) is 0.471. The van der Waals surface area contributed by atoms with Gasteiger partial charge in [-0.3, -0.25) is 4.79 Å². The molecule has 0 fully saturated rings. The number of fused-ring (bicyclic) bond motifs is 1. The quantitative estimate of drug-likeness (QED) is 0.822. The monoisotopic (exact) mass is 287 g/mol. The van der Waals surface area contributed by atoms with Crippen molar-refractivity contribution in [3.05, 3.63) is 36.0 Å². The number of aromatic amines is 1. The summed E-state index contributed by atoms with van der Waals surface area (Å²) in [6, 6.07) is 8.24. The zero-order valence-electron chi connectivity index (χ0n) is 13.1. The Labute approximate surface area is 126 Å². The van der Waals surface area contributed by atoms with Crippen molar-refractivity contribution in [3.8, 4) is 0 Å². The Bertz CT molecular complexity index is 586. The molecule has 4 nitrogen and oxygen atoms in total. The smallest absolute Gasteiger partial charge is 0.224 e. The summed E-state index contributed by atoms with van der Waals surface area (Å²) < 4.78 is 0. The summed E-state index contributed by atoms with van der Waals surface area (Å²) in [7, 11) is 0. The van der Waals surface area contributed by atoms with Gasteiger partial charge in [-0.1, -0.05) is 32.0 Å². The van der Waals surface area contributed by atoms with E-state index in [0.717, 1.165) is 36.1 Å². The van der Waals surface area contributed by atoms with Crippen LogP contribution in [0.15, 0.2) is 30.5 Å². The Morgan fingerprint density at radius 3 is 2.71 bits per heavy atom. The first-order chi connectivity index (χ1) is 10.1. The van der Waals surface area contributed by atoms with E-state index in [1.165, 1.54) is 0 Å². The van der Waals surface area contributed by atoms with Gasteiger partial charge in [-0.2, -0.15) is 0 Å². The van der Waals surface area contributed by atoms with E-state index in [1.807, 2.05) is 30.5 Å². The van der Waals surface area contributed by atoms with Gasteiger partial charge in [-0.05, 0) is 31.6 Å². The molecule has 0 saturated carbocycles. The second-order valence-electron chi connectivity index (χ2n) is 5.49. The zero-order valence-corrected chi connectivity index (χ0v) is 13.1. The SMILES string of the molecule is CCN(CC)CC(C)NC(=O)Cc1c[nH]c2ccccc12. The largest absolute Gasteiger partial charge is 0.361 e. The second kappa shape index (κ2) is 7.27. The van der Waals surface area contributed by atoms with Gasteiger partial charge < -0.3 is 15.2 Å². The molecule has 2 rings (SSSR count). The van der Waals surface area contributed by atoms with Crippen molar-refractivity contribution < 1.29 is 4.79 Å². The standard InChI is InChI=1S/C17H25N3O/c1-4-20(5-2)12-13(3)19-17(21)10-14-11-18-16-9-7-6-8-15(14)16/h6-9,11,13,18H,4-5,10,12H2,1-3H3,(H,19,21). The molecule has 1 unspecified atom stereocenters. The summed E-state index contributed by atoms with van der Waals surface area (Å²) >= 11 is 0. The van der Waals surface area contributed by atoms with Gasteiger partial charge in [0.2, 0.25) is 5.91 Å². The molecule has 1 aromatic heterocycles. The molecule has 21 heavy (non-hydrogen) atoms. The Kier molecular flexibility index (Phi) is 5.39. The first kappa shape index (κ1) is 15.6. The molecule has 114 valence electrons. The first-order valence-electron chi connectivity index (χ1n) is 7.70. The van der Waals surface area contributed by atoms with Crippen LogP contribution in [0.4, 0.5) is 0 Å². The van der Waals surface area contributed by atoms with Gasteiger partial charge in [-0.25, -0.2) is 0 Å². The second-order valence-corrected chi connectivity index (χ2v) is 5.49. The lowest BCUT2D eigenvalue weighted by atomic mass is 10.1. The number of benzene rings is 1. The molecule has 1 heterocycles. The Morgan fingerprint density at radius 2 is 2.00 bits per heavy atom. The lowest BCUT2D eigenvalue weighted by molar-refractivity contribution is -0.121. The third-order valence-corrected chi connectivity index (χ3v) is 3.86. The number of hydrogen-bond acceptors (Lipinski definition) is 2. The highest BCUT2D eigenvalue weighted by Gasteiger charge is 2.12. The molecule has 2 aromatic rings. The maximum absolute atomic E-state index is 12.2. The van der Waals surface area contributed by atoms with E-state index in [2.05, 4.69) is 36.0 Å². The van der Waals surface area contributed by atoms with Crippen LogP contribution in [0.25, 0.3) is 10.9 Å². The van der Waals surface area contributed by atoms with E-state index in [1.54, 1.807) is 0 Å². The van der Waals surface area contributed by atoms with E-state index in [4.69, 9.17) is 0 Å². The summed E-state index contributed by atoms with van der Waals surface area (Å²) in [5.41, 5.74) is 2.13. The number of amides is 1. The first-order valence-corrected chi connectivity index (χ1v) is 7.70. The maximum atomic E-state index is 12.2. The summed E-state index contributed by atoms with van der Waals surface area (Å²) in [6.07, 6.45) is 2.35. The molecule has 2 N–H and O–H groups in total. The predicted octanol–water partition coefficient (Wildman–Crippen LogP) is 2.56. The van der Waals surface area contributed by atoms with E-state index in [0.29, 0.717) is 6.42 Å². The molecule has 0 aliphatic heterocycles. The average Bonchev–Trinajstić information content (AvgIpc) is 2.88. The van der Waals surface area contributed by atoms with Crippen molar-refractivity contribution in [2.75, 3.05) is 19.6 Å². The highest BCUT2D eigenvalue weighted by molar-refractivity contribution is 5.88. The molecule has 0 bridgehead atoms. The molecule has 0 radical (unpaired) electrons. The van der Waals surface area contributed by atoms with E-state index in [-0.39, 0.29) is 11.9 Å². The van der Waals surface area contributed by atoms with Crippen LogP contribution < -0.4 is 5.32 Å². The number of H-pyrrole nitrogens is 1. The van der Waals surface area contributed by atoms with Crippen molar-refractivity contribution in [1.29, 1.82) is 0 Å². The van der Waals surface area contributed by atoms with Crippen LogP contribution >= 0.6 is 0 Å². The highest BCUT2D eigenvalue weighted by Crippen LogP contribution is 2.17. The molecule has 0 saturated heterocycles. The third kappa shape index (κ3) is 4.08. The minimum Gasteiger partial charge on any atom is -0.361 e. The Balaban J connectivity index is 1.92. The molecule has 1 atom stereocenters. The van der Waals surface area contributed by atoms with Gasteiger partial charge in [0, 0.05) is 29.7 Å². The van der Waals surface area contributed by atoms with Crippen molar-refractivity contribution in [1.82, 2.24) is 15.2 Å². The number of likely N-dealkylation sites (N-methyl/N-ethyl adjacent to an activating group) is 1. The summed E-state index contributed by atoms with van der Waals surface area (Å²) in [4.78, 5) is 17.7. The number of hydrogen-bond donors (Lipinski definition) is 2. The third-order valence-electron chi connectivity index (χ3n) is 3.86. The number of para-hydroxylation sites is 1. The molecule has 0 aliphatic rings. The van der Waals surface area contributed by atoms with Crippen LogP contribution in [0.1, 0.15) is 26.3 Å². The van der Waals surface area contributed by atoms with Gasteiger partial charge in [0.25, 0.3) is 0 Å². The summed E-state index contributed by atoms with van der Waals surface area (Å²) in [5, 5.41) is 4.22. The van der Waals surface area contributed by atoms with Crippen LogP contribution in [0.5, 0.6) is 0 Å². The van der Waals surface area contributed by atoms with Gasteiger partial charge in [0.15, 0.2) is 0 Å². The van der Waals surface area contributed by atoms with Crippen molar-refractivity contribution in [2.24, 2.45) is 0 Å². The van der Waals surface area contributed by atoms with E-state index < -0.39 is 0 Å². The van der Waals surface area contributed by atoms with Crippen molar-refractivity contribution in [2.45, 2.75) is 33.2 Å². The molecule has 4 heteroatoms. The number of rotatable bonds is 7. The molecular formula is C17H25N3O. The number of aromatic nitrogens is 1. The van der Waals surface area contributed by atoms with Gasteiger partial charge in [0.1, 0.15) is 0 Å². The molecular weight excluding hydrogens is 262 g/mol. The number of nitrogens with one attached hydrogen (secondary N) is 2. The number of carbonyl (C=O) groups is 1. The molecule has 0 aliphatic carbocycles. The number of nitrogens with zero attached hydrogens (tertiary/aromatic N) is 1. The number of carbonyl (C=O) groups excluding carboxylic acids is 1. The summed E-state index contributed by atoms with van der Waals surface area (Å²) in [5.74, 6) is 0.0828. The van der Waals surface area contributed by atoms with Crippen LogP contribution in [-0.2, 0) is 11.2 Å². The Morgan fingerprint density at radius 1 is 1.29 bits per heavy atom. The fourth-order valence-corrected chi connectivity index (χ4v) is 2.69. The minimum atomic E-state index is 0.0828. The predicted molar refractivity (Wildman–Crippen MR) is 87.4 cm³/mol. The maximum Gasteiger partial charge on any atom is 0.224 e. The van der Waals surface area contributed by atoms with E-state index >= 15 is 0 Å². The molecule has 0 spiro atoms. The normalized spacial score (nSPS) is 12.8. The van der Waals surface area contributed by atoms with Crippen LogP contribution in [0.2, 0.25) is 0 Å². The van der Waals surface area contributed by atoms with E-state index in [9.17, 15) is 4.79 Å². The van der Waals surface area contributed by atoms with Gasteiger partial charge >= 0.3 is 0 Å². The Hall–Kier alpha value is -1.81. The summed E-state index contributed by atoms with van der Waals surface area (Å²) in [6.45, 7) is 9.27. The van der Waals surface area contributed by atoms with Crippen molar-refractivity contribution in [3.63, 3.8) is 0 Å². The van der Waals surface area contributed by atoms with Crippen molar-refractivity contribution >= 4 is 16.8 Å². The highest BCUT2D eigenvalue weighted by atomic mass is 16.1. The average molecular weight is 287 g/mol. The fourth-order valence-electron chi connectivity index (χ4n) is 2.69. The lowest BCUT2D eigenvalue weighted by Crippen LogP contribution is -2.42. The van der Waals surface area contributed by atoms with Crippen LogP contribution in [0, 0.1) is 0 Å². The lowest BCUT2D eigenvalue weighted by Gasteiger charge is -2.23. The molecule has 1 amide bonds. The topological polar surface area (TPSA) is 48.1 Å². The van der Waals surface area contributed by atoms with Crippen LogP contribution in [0.3, 0.4) is 0 Å². The van der Waals surface area contributed by atoms with Crippen LogP contribution in [-0.4, -0.2) is 41.5 Å². The van der Waals surface area contributed by atoms with Gasteiger partial charge in [-0.15, -0.1) is 0 Å². The minimum absolute atomic E-state index is 0.0828. The van der Waals surface area contributed by atoms with Gasteiger partial charge in [0.05, 0.1) is 6.42 Å². The zero-order chi connectivity index (χ0) is 15.2. The molecule has 1 aromatic carbocycles.